The van der Waals surface area contributed by atoms with Gasteiger partial charge in [0.2, 0.25) is 15.9 Å². The van der Waals surface area contributed by atoms with E-state index in [9.17, 15) is 18.0 Å². The van der Waals surface area contributed by atoms with E-state index in [1.807, 2.05) is 41.5 Å². The summed E-state index contributed by atoms with van der Waals surface area (Å²) < 4.78 is 28.0. The van der Waals surface area contributed by atoms with E-state index in [1.165, 1.54) is 4.31 Å². The summed E-state index contributed by atoms with van der Waals surface area (Å²) in [5, 5.41) is 0. The van der Waals surface area contributed by atoms with Crippen molar-refractivity contribution in [3.05, 3.63) is 0 Å². The first-order chi connectivity index (χ1) is 17.5. The minimum atomic E-state index is -3.08. The van der Waals surface area contributed by atoms with Crippen molar-refractivity contribution in [1.82, 2.24) is 14.1 Å². The van der Waals surface area contributed by atoms with Crippen molar-refractivity contribution in [2.75, 3.05) is 56.0 Å². The van der Waals surface area contributed by atoms with Crippen molar-refractivity contribution < 1.29 is 22.7 Å². The maximum absolute atomic E-state index is 11.3. The third-order valence-corrected chi connectivity index (χ3v) is 8.27. The molecule has 8 nitrogen and oxygen atoms in total. The third kappa shape index (κ3) is 33.5. The molecule has 0 saturated carbocycles. The van der Waals surface area contributed by atoms with E-state index in [1.54, 1.807) is 67.9 Å². The highest BCUT2D eigenvalue weighted by atomic mass is 32.2. The molecule has 0 aromatic rings. The lowest BCUT2D eigenvalue weighted by atomic mass is 9.92. The molecule has 0 aliphatic rings. The summed E-state index contributed by atoms with van der Waals surface area (Å²) in [6, 6.07) is 0. The van der Waals surface area contributed by atoms with Gasteiger partial charge in [0.25, 0.3) is 0 Å². The SMILES string of the molecule is C.CC(=O)C(C)(C)C.CN(C)C(=O)C(C)(C)C.CN(C)C(C)(C)C.CN(C)S(=O)(=O)C(C)(C)C.COCCC(C)(C)C. The van der Waals surface area contributed by atoms with Crippen LogP contribution in [0.25, 0.3) is 0 Å². The number of carbonyl (C=O) groups is 2. The van der Waals surface area contributed by atoms with E-state index in [4.69, 9.17) is 4.74 Å². The van der Waals surface area contributed by atoms with Crippen molar-refractivity contribution in [2.45, 2.75) is 135 Å². The Hall–Kier alpha value is -1.03. The molecule has 0 N–H and O–H groups in total. The maximum Gasteiger partial charge on any atom is 0.227 e. The van der Waals surface area contributed by atoms with Gasteiger partial charge < -0.3 is 14.5 Å². The Kier molecular flexibility index (Phi) is 27.6. The van der Waals surface area contributed by atoms with E-state index in [2.05, 4.69) is 60.5 Å². The number of amides is 1. The van der Waals surface area contributed by atoms with Crippen LogP contribution < -0.4 is 0 Å². The highest BCUT2D eigenvalue weighted by Crippen LogP contribution is 2.18. The van der Waals surface area contributed by atoms with Crippen LogP contribution in [0.1, 0.15) is 125 Å². The molecule has 9 heteroatoms. The zero-order chi connectivity index (χ0) is 35.0. The third-order valence-electron chi connectivity index (χ3n) is 5.76. The number of rotatable bonds is 3. The maximum atomic E-state index is 11.3. The lowest BCUT2D eigenvalue weighted by Gasteiger charge is -2.27. The molecule has 0 aromatic heterocycles. The number of Topliss-reactive ketones (excluding diaryl/α,β-unsaturated/α-hetero) is 1. The van der Waals surface area contributed by atoms with Crippen molar-refractivity contribution in [3.63, 3.8) is 0 Å². The largest absolute Gasteiger partial charge is 0.385 e. The molecule has 0 aromatic carbocycles. The Balaban J connectivity index is -0.0000000965. The van der Waals surface area contributed by atoms with Crippen LogP contribution in [0.3, 0.4) is 0 Å². The fourth-order valence-electron chi connectivity index (χ4n) is 1.63. The van der Waals surface area contributed by atoms with E-state index in [-0.39, 0.29) is 29.9 Å². The fourth-order valence-corrected chi connectivity index (χ4v) is 2.72. The van der Waals surface area contributed by atoms with E-state index in [0.29, 0.717) is 11.0 Å². The molecule has 0 radical (unpaired) electrons. The van der Waals surface area contributed by atoms with Gasteiger partial charge in [-0.25, -0.2) is 12.7 Å². The molecule has 260 valence electrons. The van der Waals surface area contributed by atoms with Crippen LogP contribution in [0, 0.1) is 16.2 Å². The summed E-state index contributed by atoms with van der Waals surface area (Å²) in [5.74, 6) is 0.412. The number of sulfonamides is 1. The smallest absolute Gasteiger partial charge is 0.227 e. The fraction of sp³-hybridized carbons (Fsp3) is 0.939. The monoisotopic (exact) mass is 628 g/mol. The highest BCUT2D eigenvalue weighted by Gasteiger charge is 2.30. The quantitative estimate of drug-likeness (QED) is 0.323. The van der Waals surface area contributed by atoms with Crippen LogP contribution in [-0.2, 0) is 24.3 Å². The first-order valence-corrected chi connectivity index (χ1v) is 15.7. The van der Waals surface area contributed by atoms with Gasteiger partial charge in [0.1, 0.15) is 5.78 Å². The second-order valence-electron chi connectivity index (χ2n) is 16.0. The minimum absolute atomic E-state index is 0. The van der Waals surface area contributed by atoms with Gasteiger partial charge in [-0.15, -0.1) is 0 Å². The Labute approximate surface area is 265 Å². The predicted octanol–water partition coefficient (Wildman–Crippen LogP) is 7.47. The van der Waals surface area contributed by atoms with E-state index < -0.39 is 14.8 Å². The molecule has 0 heterocycles. The first-order valence-electron chi connectivity index (χ1n) is 14.3. The molecule has 0 saturated heterocycles. The van der Waals surface area contributed by atoms with Crippen LogP contribution in [0.5, 0.6) is 0 Å². The van der Waals surface area contributed by atoms with Crippen LogP contribution in [0.15, 0.2) is 0 Å². The average Bonchev–Trinajstić information content (AvgIpc) is 2.69. The Bertz CT molecular complexity index is 799. The van der Waals surface area contributed by atoms with Gasteiger partial charge in [-0.3, -0.25) is 9.59 Å². The van der Waals surface area contributed by atoms with Gasteiger partial charge in [-0.1, -0.05) is 69.7 Å². The molecule has 0 aliphatic carbocycles. The number of nitrogens with zero attached hydrogens (tertiary/aromatic N) is 3. The van der Waals surface area contributed by atoms with Crippen LogP contribution >= 0.6 is 0 Å². The summed E-state index contributed by atoms with van der Waals surface area (Å²) in [7, 11) is 9.45. The lowest BCUT2D eigenvalue weighted by molar-refractivity contribution is -0.136. The lowest BCUT2D eigenvalue weighted by Crippen LogP contribution is -2.38. The highest BCUT2D eigenvalue weighted by molar-refractivity contribution is 7.90. The van der Waals surface area contributed by atoms with Gasteiger partial charge in [-0.2, -0.15) is 0 Å². The van der Waals surface area contributed by atoms with Crippen molar-refractivity contribution in [1.29, 1.82) is 0 Å². The second kappa shape index (κ2) is 21.6. The Morgan fingerprint density at radius 1 is 0.667 bits per heavy atom. The van der Waals surface area contributed by atoms with Gasteiger partial charge in [0.15, 0.2) is 0 Å². The number of hydrogen-bond donors (Lipinski definition) is 0. The van der Waals surface area contributed by atoms with Crippen molar-refractivity contribution in [2.24, 2.45) is 16.2 Å². The number of carbonyl (C=O) groups excluding carboxylic acids is 2. The van der Waals surface area contributed by atoms with Gasteiger partial charge >= 0.3 is 0 Å². The van der Waals surface area contributed by atoms with Gasteiger partial charge in [0, 0.05) is 58.3 Å². The summed E-state index contributed by atoms with van der Waals surface area (Å²) in [6.45, 7) is 32.2. The van der Waals surface area contributed by atoms with E-state index in [0.717, 1.165) is 13.0 Å². The number of ketones is 1. The average molecular weight is 628 g/mol. The predicted molar refractivity (Wildman–Crippen MR) is 187 cm³/mol. The standard InChI is InChI=1S/C7H15NO.C7H16O.C6H15NO2S.C6H15N.C6H12O.CH4/c1-7(2,3)6(9)8(4)5;1-7(2,3)5-6-8-4;1-6(2,3)10(8,9)7(4)5;1-6(2,3)7(4)5;1-5(7)6(2,3)4;/h1-5H3;5-6H2,1-4H3;1-5H3;1-5H3;1-4H3;1H4. The molecular weight excluding hydrogens is 550 g/mol. The van der Waals surface area contributed by atoms with Gasteiger partial charge in [0.05, 0.1) is 4.75 Å². The molecule has 0 unspecified atom stereocenters. The number of ether oxygens (including phenoxy) is 1. The molecule has 0 bridgehead atoms. The van der Waals surface area contributed by atoms with Crippen molar-refractivity contribution in [3.8, 4) is 0 Å². The second-order valence-corrected chi connectivity index (χ2v) is 18.9. The molecular formula is C33H77N3O5S. The zero-order valence-electron chi connectivity index (χ0n) is 31.7. The first kappa shape index (κ1) is 53.5. The Morgan fingerprint density at radius 3 is 0.976 bits per heavy atom. The molecule has 42 heavy (non-hydrogen) atoms. The molecule has 0 fully saturated rings. The van der Waals surface area contributed by atoms with Crippen LogP contribution in [0.4, 0.5) is 0 Å². The van der Waals surface area contributed by atoms with Crippen LogP contribution in [-0.4, -0.2) is 101 Å². The summed E-state index contributed by atoms with van der Waals surface area (Å²) in [5.41, 5.74) is 0.388. The van der Waals surface area contributed by atoms with Crippen molar-refractivity contribution >= 4 is 21.7 Å². The normalized spacial score (nSPS) is 12.1. The molecule has 0 aliphatic heterocycles. The minimum Gasteiger partial charge on any atom is -0.385 e. The topological polar surface area (TPSA) is 87.2 Å². The van der Waals surface area contributed by atoms with Gasteiger partial charge in [-0.05, 0) is 74.4 Å². The van der Waals surface area contributed by atoms with Crippen LogP contribution in [0.2, 0.25) is 0 Å². The molecule has 0 atom stereocenters. The Morgan fingerprint density at radius 2 is 0.952 bits per heavy atom. The molecule has 0 spiro atoms. The van der Waals surface area contributed by atoms with E-state index >= 15 is 0 Å². The number of methoxy groups -OCH3 is 1. The molecule has 1 amide bonds. The molecule has 0 rings (SSSR count). The number of hydrogen-bond acceptors (Lipinski definition) is 6. The summed E-state index contributed by atoms with van der Waals surface area (Å²) in [4.78, 5) is 25.4. The summed E-state index contributed by atoms with van der Waals surface area (Å²) >= 11 is 0. The summed E-state index contributed by atoms with van der Waals surface area (Å²) in [6.07, 6.45) is 1.14. The zero-order valence-corrected chi connectivity index (χ0v) is 32.5.